The summed E-state index contributed by atoms with van der Waals surface area (Å²) in [4.78, 5) is 10.8. The van der Waals surface area contributed by atoms with E-state index in [0.29, 0.717) is 0 Å². The molecule has 1 heterocycles. The highest BCUT2D eigenvalue weighted by Gasteiger charge is 2.18. The van der Waals surface area contributed by atoms with Gasteiger partial charge in [0.15, 0.2) is 0 Å². The highest BCUT2D eigenvalue weighted by molar-refractivity contribution is 6.01. The van der Waals surface area contributed by atoms with Crippen LogP contribution in [0, 0.1) is 5.82 Å². The number of hydrogen-bond acceptors (Lipinski definition) is 1. The molecule has 0 aliphatic rings. The van der Waals surface area contributed by atoms with Crippen LogP contribution in [0.2, 0.25) is 0 Å². The first kappa shape index (κ1) is 15.2. The number of allylic oxidation sites excluding steroid dienone is 1. The Kier molecular flexibility index (Phi) is 4.11. The van der Waals surface area contributed by atoms with Crippen LogP contribution < -0.4 is 0 Å². The molecule has 23 heavy (non-hydrogen) atoms. The molecule has 0 N–H and O–H groups in total. The second-order valence-corrected chi connectivity index (χ2v) is 5.74. The van der Waals surface area contributed by atoms with Crippen molar-refractivity contribution in [1.29, 1.82) is 0 Å². The number of aldehydes is 1. The van der Waals surface area contributed by atoms with Crippen LogP contribution in [0.25, 0.3) is 28.1 Å². The maximum Gasteiger partial charge on any atom is 0.142 e. The van der Waals surface area contributed by atoms with Crippen molar-refractivity contribution in [3.05, 3.63) is 66.1 Å². The topological polar surface area (TPSA) is 22.0 Å². The third kappa shape index (κ3) is 2.70. The van der Waals surface area contributed by atoms with E-state index in [2.05, 4.69) is 30.5 Å². The van der Waals surface area contributed by atoms with Crippen LogP contribution in [0.5, 0.6) is 0 Å². The maximum atomic E-state index is 13.3. The molecule has 0 unspecified atom stereocenters. The van der Waals surface area contributed by atoms with E-state index in [4.69, 9.17) is 0 Å². The molecule has 3 heteroatoms. The number of nitrogens with zero attached hydrogens (tertiary/aromatic N) is 1. The lowest BCUT2D eigenvalue weighted by molar-refractivity contribution is -0.104. The molecular weight excluding hydrogens is 289 g/mol. The predicted octanol–water partition coefficient (Wildman–Crippen LogP) is 5.24. The number of halogens is 1. The molecule has 0 aliphatic heterocycles. The fraction of sp³-hybridized carbons (Fsp3) is 0.150. The Morgan fingerprint density at radius 3 is 2.39 bits per heavy atom. The van der Waals surface area contributed by atoms with Crippen LogP contribution in [0.1, 0.15) is 25.6 Å². The van der Waals surface area contributed by atoms with Crippen molar-refractivity contribution in [3.63, 3.8) is 0 Å². The molecule has 0 aliphatic carbocycles. The van der Waals surface area contributed by atoms with Crippen molar-refractivity contribution in [2.75, 3.05) is 0 Å². The minimum absolute atomic E-state index is 0.236. The van der Waals surface area contributed by atoms with Gasteiger partial charge in [0, 0.05) is 22.5 Å². The first-order valence-electron chi connectivity index (χ1n) is 7.64. The van der Waals surface area contributed by atoms with E-state index in [0.717, 1.165) is 34.0 Å². The zero-order valence-electron chi connectivity index (χ0n) is 13.2. The van der Waals surface area contributed by atoms with Gasteiger partial charge in [0.2, 0.25) is 0 Å². The summed E-state index contributed by atoms with van der Waals surface area (Å²) in [5.41, 5.74) is 4.02. The highest BCUT2D eigenvalue weighted by Crippen LogP contribution is 2.37. The Morgan fingerprint density at radius 2 is 1.74 bits per heavy atom. The number of para-hydroxylation sites is 1. The van der Waals surface area contributed by atoms with Crippen LogP contribution >= 0.6 is 0 Å². The lowest BCUT2D eigenvalue weighted by Crippen LogP contribution is -2.02. The number of hydrogen-bond donors (Lipinski definition) is 0. The first-order chi connectivity index (χ1) is 11.1. The summed E-state index contributed by atoms with van der Waals surface area (Å²) in [6, 6.07) is 14.8. The van der Waals surface area contributed by atoms with Crippen LogP contribution in [0.3, 0.4) is 0 Å². The van der Waals surface area contributed by atoms with Gasteiger partial charge >= 0.3 is 0 Å². The third-order valence-corrected chi connectivity index (χ3v) is 3.93. The molecule has 3 rings (SSSR count). The molecule has 3 aromatic rings. The molecule has 0 spiro atoms. The van der Waals surface area contributed by atoms with Crippen LogP contribution in [0.15, 0.2) is 54.6 Å². The summed E-state index contributed by atoms with van der Waals surface area (Å²) < 4.78 is 15.5. The summed E-state index contributed by atoms with van der Waals surface area (Å²) >= 11 is 0. The van der Waals surface area contributed by atoms with Gasteiger partial charge in [-0.05, 0) is 49.8 Å². The van der Waals surface area contributed by atoms with Crippen molar-refractivity contribution in [2.45, 2.75) is 19.9 Å². The summed E-state index contributed by atoms with van der Waals surface area (Å²) in [5.74, 6) is -0.258. The molecular formula is C20H18FNO. The van der Waals surface area contributed by atoms with E-state index in [9.17, 15) is 9.18 Å². The summed E-state index contributed by atoms with van der Waals surface area (Å²) in [6.07, 6.45) is 4.10. The fourth-order valence-corrected chi connectivity index (χ4v) is 3.05. The van der Waals surface area contributed by atoms with Gasteiger partial charge in [-0.15, -0.1) is 0 Å². The van der Waals surface area contributed by atoms with Crippen molar-refractivity contribution >= 4 is 23.3 Å². The second kappa shape index (κ2) is 6.21. The number of rotatable bonds is 4. The third-order valence-electron chi connectivity index (χ3n) is 3.93. The Balaban J connectivity index is 2.40. The van der Waals surface area contributed by atoms with Gasteiger partial charge < -0.3 is 4.57 Å². The van der Waals surface area contributed by atoms with Gasteiger partial charge in [0.25, 0.3) is 0 Å². The summed E-state index contributed by atoms with van der Waals surface area (Å²) in [6.45, 7) is 4.22. The lowest BCUT2D eigenvalue weighted by atomic mass is 10.0. The number of aromatic nitrogens is 1. The molecule has 116 valence electrons. The van der Waals surface area contributed by atoms with Gasteiger partial charge in [0.1, 0.15) is 12.1 Å². The lowest BCUT2D eigenvalue weighted by Gasteiger charge is -2.13. The molecule has 0 amide bonds. The predicted molar refractivity (Wildman–Crippen MR) is 92.8 cm³/mol. The maximum absolute atomic E-state index is 13.3. The number of carbonyl (C=O) groups excluding carboxylic acids is 1. The molecule has 0 fully saturated rings. The molecule has 2 nitrogen and oxygen atoms in total. The molecule has 1 aromatic heterocycles. The average molecular weight is 307 g/mol. The Bertz CT molecular complexity index is 873. The second-order valence-electron chi connectivity index (χ2n) is 5.74. The number of carbonyl (C=O) groups is 1. The number of benzene rings is 2. The van der Waals surface area contributed by atoms with Crippen molar-refractivity contribution < 1.29 is 9.18 Å². The summed E-state index contributed by atoms with van der Waals surface area (Å²) in [5, 5.41) is 1.10. The van der Waals surface area contributed by atoms with Crippen molar-refractivity contribution in [1.82, 2.24) is 4.57 Å². The minimum atomic E-state index is -0.258. The van der Waals surface area contributed by atoms with Gasteiger partial charge in [-0.3, -0.25) is 4.79 Å². The van der Waals surface area contributed by atoms with Crippen LogP contribution in [-0.4, -0.2) is 10.9 Å². The standard InChI is InChI=1S/C20H18FNO/c1-14(2)22-18-7-4-3-6-17(18)20(19(22)8-5-13-23)15-9-11-16(21)12-10-15/h3-14H,1-2H3. The van der Waals surface area contributed by atoms with Crippen LogP contribution in [0.4, 0.5) is 4.39 Å². The SMILES string of the molecule is CC(C)n1c(C=CC=O)c(-c2ccc(F)cc2)c2ccccc21. The zero-order chi connectivity index (χ0) is 16.4. The first-order valence-corrected chi connectivity index (χ1v) is 7.64. The van der Waals surface area contributed by atoms with E-state index in [1.54, 1.807) is 12.1 Å². The van der Waals surface area contributed by atoms with E-state index >= 15 is 0 Å². The Labute approximate surface area is 134 Å². The van der Waals surface area contributed by atoms with Gasteiger partial charge in [0.05, 0.1) is 5.69 Å². The molecule has 0 atom stereocenters. The number of fused-ring (bicyclic) bond motifs is 1. The minimum Gasteiger partial charge on any atom is -0.338 e. The monoisotopic (exact) mass is 307 g/mol. The molecule has 0 radical (unpaired) electrons. The van der Waals surface area contributed by atoms with E-state index in [1.165, 1.54) is 18.2 Å². The van der Waals surface area contributed by atoms with Crippen LogP contribution in [-0.2, 0) is 4.79 Å². The van der Waals surface area contributed by atoms with Gasteiger partial charge in [-0.25, -0.2) is 4.39 Å². The smallest absolute Gasteiger partial charge is 0.142 e. The fourth-order valence-electron chi connectivity index (χ4n) is 3.05. The molecule has 0 saturated carbocycles. The van der Waals surface area contributed by atoms with Gasteiger partial charge in [-0.1, -0.05) is 30.3 Å². The Hall–Kier alpha value is -2.68. The average Bonchev–Trinajstić information content (AvgIpc) is 2.88. The van der Waals surface area contributed by atoms with Crippen molar-refractivity contribution in [2.24, 2.45) is 0 Å². The molecule has 2 aromatic carbocycles. The highest BCUT2D eigenvalue weighted by atomic mass is 19.1. The summed E-state index contributed by atoms with van der Waals surface area (Å²) in [7, 11) is 0. The van der Waals surface area contributed by atoms with E-state index in [1.807, 2.05) is 18.2 Å². The van der Waals surface area contributed by atoms with Crippen molar-refractivity contribution in [3.8, 4) is 11.1 Å². The molecule has 0 bridgehead atoms. The quantitative estimate of drug-likeness (QED) is 0.477. The van der Waals surface area contributed by atoms with E-state index < -0.39 is 0 Å². The van der Waals surface area contributed by atoms with E-state index in [-0.39, 0.29) is 11.9 Å². The normalized spacial score (nSPS) is 11.7. The zero-order valence-corrected chi connectivity index (χ0v) is 13.2. The molecule has 0 saturated heterocycles. The van der Waals surface area contributed by atoms with Gasteiger partial charge in [-0.2, -0.15) is 0 Å². The largest absolute Gasteiger partial charge is 0.338 e. The Morgan fingerprint density at radius 1 is 1.04 bits per heavy atom.